The minimum Gasteiger partial charge on any atom is -0.439 e. The number of carbonyl (C=O) groups is 1. The Morgan fingerprint density at radius 3 is 2.62 bits per heavy atom. The number of hydrogen-bond acceptors (Lipinski definition) is 6. The zero-order valence-electron chi connectivity index (χ0n) is 17.5. The summed E-state index contributed by atoms with van der Waals surface area (Å²) in [6, 6.07) is 14.9. The van der Waals surface area contributed by atoms with E-state index in [2.05, 4.69) is 15.4 Å². The molecule has 0 saturated carbocycles. The summed E-state index contributed by atoms with van der Waals surface area (Å²) in [5.74, 6) is -0.645. The lowest BCUT2D eigenvalue weighted by Crippen LogP contribution is -2.26. The SMILES string of the molecule is Cc1ccc(Cn2nc(C)c(C=CC(=O)OCn3nnc4ccccc4c3=O)c2Cl)cc1. The number of ether oxygens (including phenoxy) is 1. The molecule has 2 aromatic heterocycles. The molecule has 0 atom stereocenters. The molecule has 162 valence electrons. The molecule has 0 aliphatic heterocycles. The van der Waals surface area contributed by atoms with E-state index >= 15 is 0 Å². The maximum absolute atomic E-state index is 12.4. The van der Waals surface area contributed by atoms with Gasteiger partial charge in [-0.1, -0.05) is 58.8 Å². The molecule has 4 rings (SSSR count). The van der Waals surface area contributed by atoms with Gasteiger partial charge in [-0.15, -0.1) is 5.10 Å². The predicted molar refractivity (Wildman–Crippen MR) is 121 cm³/mol. The second-order valence-corrected chi connectivity index (χ2v) is 7.63. The van der Waals surface area contributed by atoms with Crippen LogP contribution < -0.4 is 5.56 Å². The van der Waals surface area contributed by atoms with Crippen molar-refractivity contribution in [3.63, 3.8) is 0 Å². The fourth-order valence-electron chi connectivity index (χ4n) is 3.16. The van der Waals surface area contributed by atoms with E-state index in [0.717, 1.165) is 10.2 Å². The average molecular weight is 450 g/mol. The maximum Gasteiger partial charge on any atom is 0.332 e. The van der Waals surface area contributed by atoms with E-state index in [1.54, 1.807) is 35.0 Å². The van der Waals surface area contributed by atoms with Crippen molar-refractivity contribution < 1.29 is 9.53 Å². The quantitative estimate of drug-likeness (QED) is 0.330. The molecule has 0 aliphatic rings. The highest BCUT2D eigenvalue weighted by atomic mass is 35.5. The van der Waals surface area contributed by atoms with Gasteiger partial charge in [0, 0.05) is 11.6 Å². The first-order valence-electron chi connectivity index (χ1n) is 9.88. The van der Waals surface area contributed by atoms with Crippen LogP contribution in [0, 0.1) is 13.8 Å². The van der Waals surface area contributed by atoms with Crippen LogP contribution in [0.1, 0.15) is 22.4 Å². The smallest absolute Gasteiger partial charge is 0.332 e. The fourth-order valence-corrected chi connectivity index (χ4v) is 3.46. The molecule has 0 aliphatic carbocycles. The summed E-state index contributed by atoms with van der Waals surface area (Å²) >= 11 is 6.48. The van der Waals surface area contributed by atoms with Crippen molar-refractivity contribution in [3.05, 3.63) is 92.5 Å². The first kappa shape index (κ1) is 21.5. The van der Waals surface area contributed by atoms with E-state index in [9.17, 15) is 9.59 Å². The number of aromatic nitrogens is 5. The third-order valence-corrected chi connectivity index (χ3v) is 5.31. The van der Waals surface area contributed by atoms with Gasteiger partial charge in [0.2, 0.25) is 0 Å². The number of esters is 1. The molecular weight excluding hydrogens is 430 g/mol. The van der Waals surface area contributed by atoms with Gasteiger partial charge in [0.25, 0.3) is 5.56 Å². The van der Waals surface area contributed by atoms with Crippen molar-refractivity contribution in [3.8, 4) is 0 Å². The van der Waals surface area contributed by atoms with Gasteiger partial charge in [0.15, 0.2) is 6.73 Å². The van der Waals surface area contributed by atoms with E-state index in [1.165, 1.54) is 11.6 Å². The molecule has 4 aromatic rings. The largest absolute Gasteiger partial charge is 0.439 e. The maximum atomic E-state index is 12.4. The van der Waals surface area contributed by atoms with E-state index in [-0.39, 0.29) is 12.3 Å². The van der Waals surface area contributed by atoms with Crippen LogP contribution in [0.25, 0.3) is 17.0 Å². The van der Waals surface area contributed by atoms with Crippen LogP contribution in [0.4, 0.5) is 0 Å². The van der Waals surface area contributed by atoms with E-state index in [1.807, 2.05) is 38.1 Å². The normalized spacial score (nSPS) is 11.3. The molecule has 0 radical (unpaired) electrons. The van der Waals surface area contributed by atoms with Gasteiger partial charge in [-0.3, -0.25) is 4.79 Å². The molecule has 0 saturated heterocycles. The molecule has 32 heavy (non-hydrogen) atoms. The van der Waals surface area contributed by atoms with Gasteiger partial charge < -0.3 is 4.74 Å². The van der Waals surface area contributed by atoms with Crippen molar-refractivity contribution in [2.45, 2.75) is 27.1 Å². The van der Waals surface area contributed by atoms with Gasteiger partial charge in [-0.2, -0.15) is 9.78 Å². The standard InChI is InChI=1S/C23H20ClN5O3/c1-15-7-9-17(10-8-15)13-28-22(24)18(16(2)26-28)11-12-21(30)32-14-29-23(31)19-5-3-4-6-20(19)25-27-29/h3-12H,13-14H2,1-2H3. The summed E-state index contributed by atoms with van der Waals surface area (Å²) in [7, 11) is 0. The number of hydrogen-bond donors (Lipinski definition) is 0. The summed E-state index contributed by atoms with van der Waals surface area (Å²) in [6.07, 6.45) is 2.79. The summed E-state index contributed by atoms with van der Waals surface area (Å²) in [6.45, 7) is 4.01. The van der Waals surface area contributed by atoms with Gasteiger partial charge in [0.1, 0.15) is 10.7 Å². The highest BCUT2D eigenvalue weighted by molar-refractivity contribution is 6.31. The summed E-state index contributed by atoms with van der Waals surface area (Å²) in [5.41, 5.74) is 3.64. The highest BCUT2D eigenvalue weighted by Gasteiger charge is 2.12. The zero-order chi connectivity index (χ0) is 22.7. The third-order valence-electron chi connectivity index (χ3n) is 4.91. The van der Waals surface area contributed by atoms with E-state index in [0.29, 0.717) is 33.9 Å². The van der Waals surface area contributed by atoms with Crippen LogP contribution in [-0.2, 0) is 22.8 Å². The number of aryl methyl sites for hydroxylation is 2. The topological polar surface area (TPSA) is 91.9 Å². The van der Waals surface area contributed by atoms with Gasteiger partial charge in [0.05, 0.1) is 17.6 Å². The van der Waals surface area contributed by atoms with Crippen LogP contribution >= 0.6 is 11.6 Å². The lowest BCUT2D eigenvalue weighted by molar-refractivity contribution is -0.141. The monoisotopic (exact) mass is 449 g/mol. The molecule has 0 amide bonds. The Balaban J connectivity index is 1.43. The third kappa shape index (κ3) is 4.60. The molecule has 0 fully saturated rings. The van der Waals surface area contributed by atoms with Crippen molar-refractivity contribution >= 4 is 34.5 Å². The van der Waals surface area contributed by atoms with Crippen LogP contribution in [0.2, 0.25) is 5.15 Å². The zero-order valence-corrected chi connectivity index (χ0v) is 18.3. The molecule has 0 bridgehead atoms. The Hall–Kier alpha value is -3.78. The number of halogens is 1. The van der Waals surface area contributed by atoms with E-state index < -0.39 is 5.97 Å². The molecule has 2 aromatic carbocycles. The summed E-state index contributed by atoms with van der Waals surface area (Å²) in [4.78, 5) is 24.6. The predicted octanol–water partition coefficient (Wildman–Crippen LogP) is 3.52. The molecule has 0 unspecified atom stereocenters. The first-order valence-corrected chi connectivity index (χ1v) is 10.3. The number of benzene rings is 2. The fraction of sp³-hybridized carbons (Fsp3) is 0.174. The molecule has 9 heteroatoms. The van der Waals surface area contributed by atoms with Crippen LogP contribution in [0.5, 0.6) is 0 Å². The average Bonchev–Trinajstić information content (AvgIpc) is 3.06. The summed E-state index contributed by atoms with van der Waals surface area (Å²) in [5, 5.41) is 13.0. The van der Waals surface area contributed by atoms with Crippen molar-refractivity contribution in [1.29, 1.82) is 0 Å². The Kier molecular flexibility index (Phi) is 6.13. The molecule has 8 nitrogen and oxygen atoms in total. The van der Waals surface area contributed by atoms with E-state index in [4.69, 9.17) is 16.3 Å². The van der Waals surface area contributed by atoms with Crippen LogP contribution in [0.3, 0.4) is 0 Å². The Morgan fingerprint density at radius 2 is 1.84 bits per heavy atom. The van der Waals surface area contributed by atoms with Gasteiger partial charge in [-0.25, -0.2) is 9.48 Å². The first-order chi connectivity index (χ1) is 15.4. The van der Waals surface area contributed by atoms with Gasteiger partial charge >= 0.3 is 5.97 Å². The summed E-state index contributed by atoms with van der Waals surface area (Å²) < 4.78 is 7.81. The van der Waals surface area contributed by atoms with Crippen LogP contribution in [-0.4, -0.2) is 30.7 Å². The van der Waals surface area contributed by atoms with Crippen molar-refractivity contribution in [2.75, 3.05) is 0 Å². The second-order valence-electron chi connectivity index (χ2n) is 7.27. The Labute approximate surface area is 188 Å². The number of fused-ring (bicyclic) bond motifs is 1. The molecule has 0 spiro atoms. The molecule has 0 N–H and O–H groups in total. The number of carbonyl (C=O) groups excluding carboxylic acids is 1. The Morgan fingerprint density at radius 1 is 1.09 bits per heavy atom. The second kappa shape index (κ2) is 9.15. The van der Waals surface area contributed by atoms with Crippen molar-refractivity contribution in [2.24, 2.45) is 0 Å². The minimum absolute atomic E-state index is 0.348. The lowest BCUT2D eigenvalue weighted by atomic mass is 10.1. The number of nitrogens with zero attached hydrogens (tertiary/aromatic N) is 5. The minimum atomic E-state index is -0.645. The van der Waals surface area contributed by atoms with Gasteiger partial charge in [-0.05, 0) is 37.6 Å². The van der Waals surface area contributed by atoms with Crippen molar-refractivity contribution in [1.82, 2.24) is 24.8 Å². The highest BCUT2D eigenvalue weighted by Crippen LogP contribution is 2.22. The molecule has 2 heterocycles. The Bertz CT molecular complexity index is 1370. The molecular formula is C23H20ClN5O3. The van der Waals surface area contributed by atoms with Crippen LogP contribution in [0.15, 0.2) is 59.4 Å². The number of rotatable bonds is 6. The lowest BCUT2D eigenvalue weighted by Gasteiger charge is -2.05.